The first kappa shape index (κ1) is 16.4. The van der Waals surface area contributed by atoms with Gasteiger partial charge in [0.2, 0.25) is 5.91 Å². The molecule has 0 aliphatic heterocycles. The molecule has 1 unspecified atom stereocenters. The quantitative estimate of drug-likeness (QED) is 0.811. The average Bonchev–Trinajstić information content (AvgIpc) is 3.23. The van der Waals surface area contributed by atoms with Crippen molar-refractivity contribution in [2.75, 3.05) is 0 Å². The lowest BCUT2D eigenvalue weighted by Gasteiger charge is -2.36. The van der Waals surface area contributed by atoms with Crippen LogP contribution in [-0.4, -0.2) is 26.2 Å². The molecule has 3 rings (SSSR count). The first-order valence-corrected chi connectivity index (χ1v) is 9.31. The zero-order chi connectivity index (χ0) is 16.6. The van der Waals surface area contributed by atoms with E-state index in [2.05, 4.69) is 34.8 Å². The van der Waals surface area contributed by atoms with Crippen LogP contribution in [0.4, 0.5) is 0 Å². The summed E-state index contributed by atoms with van der Waals surface area (Å²) in [5, 5.41) is 12.9. The molecule has 1 heterocycles. The third-order valence-electron chi connectivity index (χ3n) is 4.73. The molecule has 1 atom stereocenters. The van der Waals surface area contributed by atoms with Crippen molar-refractivity contribution in [3.8, 4) is 6.07 Å². The minimum Gasteiger partial charge on any atom is -0.337 e. The summed E-state index contributed by atoms with van der Waals surface area (Å²) >= 11 is 1.50. The fourth-order valence-corrected chi connectivity index (χ4v) is 3.88. The van der Waals surface area contributed by atoms with E-state index in [1.54, 1.807) is 0 Å². The van der Waals surface area contributed by atoms with Crippen LogP contribution in [0, 0.1) is 11.3 Å². The number of amides is 1. The summed E-state index contributed by atoms with van der Waals surface area (Å²) in [5.41, 5.74) is 0.621. The Morgan fingerprint density at radius 1 is 1.48 bits per heavy atom. The maximum atomic E-state index is 12.4. The molecule has 2 aliphatic rings. The molecular weight excluding hydrogens is 308 g/mol. The highest BCUT2D eigenvalue weighted by Gasteiger charge is 2.40. The summed E-state index contributed by atoms with van der Waals surface area (Å²) in [6.07, 6.45) is 6.88. The topological polar surface area (TPSA) is 70.7 Å². The van der Waals surface area contributed by atoms with E-state index in [-0.39, 0.29) is 11.2 Å². The number of carbonyl (C=O) groups excluding carboxylic acids is 1. The molecule has 2 aliphatic carbocycles. The molecule has 0 aromatic carbocycles. The van der Waals surface area contributed by atoms with Crippen molar-refractivity contribution in [1.82, 2.24) is 14.9 Å². The van der Waals surface area contributed by atoms with Gasteiger partial charge < -0.3 is 9.88 Å². The fourth-order valence-electron chi connectivity index (χ4n) is 2.91. The lowest BCUT2D eigenvalue weighted by Crippen LogP contribution is -2.54. The number of carbonyl (C=O) groups is 1. The van der Waals surface area contributed by atoms with Crippen LogP contribution in [0.1, 0.15) is 70.5 Å². The molecule has 0 radical (unpaired) electrons. The highest BCUT2D eigenvalue weighted by molar-refractivity contribution is 8.00. The number of nitrogens with zero attached hydrogens (tertiary/aromatic N) is 3. The van der Waals surface area contributed by atoms with Gasteiger partial charge in [0.1, 0.15) is 5.54 Å². The number of rotatable bonds is 6. The van der Waals surface area contributed by atoms with Crippen molar-refractivity contribution in [2.24, 2.45) is 0 Å². The summed E-state index contributed by atoms with van der Waals surface area (Å²) in [6.45, 7) is 6.24. The van der Waals surface area contributed by atoms with E-state index in [4.69, 9.17) is 0 Å². The summed E-state index contributed by atoms with van der Waals surface area (Å²) in [7, 11) is 0. The molecule has 1 amide bonds. The van der Waals surface area contributed by atoms with Crippen molar-refractivity contribution in [3.63, 3.8) is 0 Å². The number of imidazole rings is 1. The Morgan fingerprint density at radius 3 is 2.65 bits per heavy atom. The van der Waals surface area contributed by atoms with Crippen LogP contribution in [0.2, 0.25) is 0 Å². The number of nitrogens with one attached hydrogen (secondary N) is 1. The molecule has 2 fully saturated rings. The van der Waals surface area contributed by atoms with Crippen molar-refractivity contribution >= 4 is 17.7 Å². The Hall–Kier alpha value is -1.48. The Kier molecular flexibility index (Phi) is 4.41. The standard InChI is InChI=1S/C17H24N4OS/c1-11(2)14-9-19-16(21(14)13-5-6-13)23-12(3)15(22)20-17(10-18)7-4-8-17/h9,11-13H,4-8H2,1-3H3,(H,20,22). The molecule has 23 heavy (non-hydrogen) atoms. The van der Waals surface area contributed by atoms with E-state index >= 15 is 0 Å². The largest absolute Gasteiger partial charge is 0.337 e. The van der Waals surface area contributed by atoms with E-state index in [0.717, 1.165) is 24.4 Å². The molecule has 0 bridgehead atoms. The first-order valence-electron chi connectivity index (χ1n) is 8.43. The van der Waals surface area contributed by atoms with Gasteiger partial charge in [0, 0.05) is 17.9 Å². The second-order valence-corrected chi connectivity index (χ2v) is 8.33. The van der Waals surface area contributed by atoms with Gasteiger partial charge in [0.15, 0.2) is 5.16 Å². The van der Waals surface area contributed by atoms with Crippen LogP contribution in [0.3, 0.4) is 0 Å². The molecule has 1 N–H and O–H groups in total. The van der Waals surface area contributed by atoms with Crippen molar-refractivity contribution in [3.05, 3.63) is 11.9 Å². The van der Waals surface area contributed by atoms with Gasteiger partial charge in [-0.15, -0.1) is 0 Å². The summed E-state index contributed by atoms with van der Waals surface area (Å²) < 4.78 is 2.31. The zero-order valence-corrected chi connectivity index (χ0v) is 14.8. The highest BCUT2D eigenvalue weighted by atomic mass is 32.2. The van der Waals surface area contributed by atoms with Gasteiger partial charge in [-0.3, -0.25) is 4.79 Å². The predicted octanol–water partition coefficient (Wildman–Crippen LogP) is 3.38. The average molecular weight is 332 g/mol. The van der Waals surface area contributed by atoms with E-state index < -0.39 is 5.54 Å². The van der Waals surface area contributed by atoms with Crippen molar-refractivity contribution < 1.29 is 4.79 Å². The van der Waals surface area contributed by atoms with Gasteiger partial charge in [-0.25, -0.2) is 4.98 Å². The van der Waals surface area contributed by atoms with E-state index in [9.17, 15) is 10.1 Å². The molecule has 124 valence electrons. The molecule has 5 nitrogen and oxygen atoms in total. The molecule has 0 saturated heterocycles. The SMILES string of the molecule is CC(Sc1ncc(C(C)C)n1C1CC1)C(=O)NC1(C#N)CCC1. The molecule has 6 heteroatoms. The van der Waals surface area contributed by atoms with Crippen molar-refractivity contribution in [2.45, 2.75) is 80.8 Å². The van der Waals surface area contributed by atoms with E-state index in [1.165, 1.54) is 30.3 Å². The normalized spacial score (nSPS) is 20.7. The third-order valence-corrected chi connectivity index (χ3v) is 5.81. The Morgan fingerprint density at radius 2 is 2.17 bits per heavy atom. The number of nitriles is 1. The minimum absolute atomic E-state index is 0.0623. The van der Waals surface area contributed by atoms with Gasteiger partial charge in [-0.1, -0.05) is 25.6 Å². The van der Waals surface area contributed by atoms with Crippen LogP contribution in [0.25, 0.3) is 0 Å². The number of thioether (sulfide) groups is 1. The fraction of sp³-hybridized carbons (Fsp3) is 0.706. The second kappa shape index (κ2) is 6.20. The summed E-state index contributed by atoms with van der Waals surface area (Å²) in [6, 6.07) is 2.81. The Balaban J connectivity index is 1.69. The maximum Gasteiger partial charge on any atom is 0.234 e. The number of hydrogen-bond donors (Lipinski definition) is 1. The maximum absolute atomic E-state index is 12.4. The monoisotopic (exact) mass is 332 g/mol. The summed E-state index contributed by atoms with van der Waals surface area (Å²) in [4.78, 5) is 17.0. The van der Waals surface area contributed by atoms with E-state index in [1.807, 2.05) is 13.1 Å². The first-order chi connectivity index (χ1) is 11.0. The smallest absolute Gasteiger partial charge is 0.234 e. The van der Waals surface area contributed by atoms with Gasteiger partial charge in [0.05, 0.1) is 11.3 Å². The number of hydrogen-bond acceptors (Lipinski definition) is 4. The lowest BCUT2D eigenvalue weighted by molar-refractivity contribution is -0.122. The van der Waals surface area contributed by atoms with Gasteiger partial charge in [-0.2, -0.15) is 5.26 Å². The summed E-state index contributed by atoms with van der Waals surface area (Å²) in [5.74, 6) is 0.367. The molecule has 1 aromatic heterocycles. The third kappa shape index (κ3) is 3.25. The van der Waals surface area contributed by atoms with Crippen LogP contribution < -0.4 is 5.32 Å². The Labute approximate surface area is 141 Å². The molecular formula is C17H24N4OS. The molecule has 2 saturated carbocycles. The lowest BCUT2D eigenvalue weighted by atomic mass is 9.78. The van der Waals surface area contributed by atoms with Crippen LogP contribution in [0.5, 0.6) is 0 Å². The second-order valence-electron chi connectivity index (χ2n) is 7.02. The predicted molar refractivity (Wildman–Crippen MR) is 90.2 cm³/mol. The van der Waals surface area contributed by atoms with Crippen molar-refractivity contribution in [1.29, 1.82) is 5.26 Å². The van der Waals surface area contributed by atoms with Crippen LogP contribution in [0.15, 0.2) is 11.4 Å². The minimum atomic E-state index is -0.624. The number of aromatic nitrogens is 2. The highest BCUT2D eigenvalue weighted by Crippen LogP contribution is 2.41. The van der Waals surface area contributed by atoms with Crippen LogP contribution in [-0.2, 0) is 4.79 Å². The Bertz CT molecular complexity index is 638. The van der Waals surface area contributed by atoms with Gasteiger partial charge in [0.25, 0.3) is 0 Å². The zero-order valence-electron chi connectivity index (χ0n) is 14.0. The molecule has 1 aromatic rings. The van der Waals surface area contributed by atoms with Gasteiger partial charge >= 0.3 is 0 Å². The molecule has 0 spiro atoms. The van der Waals surface area contributed by atoms with Crippen LogP contribution >= 0.6 is 11.8 Å². The van der Waals surface area contributed by atoms with E-state index in [0.29, 0.717) is 12.0 Å². The van der Waals surface area contributed by atoms with Gasteiger partial charge in [-0.05, 0) is 44.9 Å².